The van der Waals surface area contributed by atoms with Gasteiger partial charge in [0.25, 0.3) is 0 Å². The summed E-state index contributed by atoms with van der Waals surface area (Å²) in [6, 6.07) is 11.9. The molecule has 2 aliphatic carbocycles. The number of carbonyl (C=O) groups is 2. The third kappa shape index (κ3) is 2.81. The van der Waals surface area contributed by atoms with Gasteiger partial charge in [-0.3, -0.25) is 4.79 Å². The van der Waals surface area contributed by atoms with Gasteiger partial charge < -0.3 is 9.47 Å². The van der Waals surface area contributed by atoms with Crippen molar-refractivity contribution < 1.29 is 19.1 Å². The number of ether oxygens (including phenoxy) is 2. The number of benzene rings is 2. The molecule has 0 spiro atoms. The molecule has 2 saturated heterocycles. The lowest BCUT2D eigenvalue weighted by molar-refractivity contribution is -0.156. The van der Waals surface area contributed by atoms with Crippen molar-refractivity contribution in [1.82, 2.24) is 0 Å². The molecule has 2 heterocycles. The van der Waals surface area contributed by atoms with Crippen LogP contribution < -0.4 is 0 Å². The summed E-state index contributed by atoms with van der Waals surface area (Å²) in [5.41, 5.74) is 1.83. The first-order chi connectivity index (χ1) is 13.5. The molecule has 2 aromatic rings. The van der Waals surface area contributed by atoms with Crippen LogP contribution in [0.15, 0.2) is 36.4 Å². The average Bonchev–Trinajstić information content (AvgIpc) is 2.84. The van der Waals surface area contributed by atoms with Crippen LogP contribution in [-0.2, 0) is 14.3 Å². The van der Waals surface area contributed by atoms with Gasteiger partial charge in [-0.2, -0.15) is 0 Å². The molecule has 0 amide bonds. The molecule has 4 bridgehead atoms. The number of fused-ring (bicyclic) bond motifs is 2. The Hall–Kier alpha value is -2.36. The van der Waals surface area contributed by atoms with E-state index in [0.717, 1.165) is 36.5 Å². The number of esters is 2. The molecule has 4 heteroatoms. The van der Waals surface area contributed by atoms with E-state index in [9.17, 15) is 9.59 Å². The molecule has 0 radical (unpaired) electrons. The Labute approximate surface area is 165 Å². The summed E-state index contributed by atoms with van der Waals surface area (Å²) in [4.78, 5) is 25.4. The third-order valence-electron chi connectivity index (χ3n) is 6.88. The Bertz CT molecular complexity index is 947. The van der Waals surface area contributed by atoms with Crippen molar-refractivity contribution in [3.05, 3.63) is 47.5 Å². The summed E-state index contributed by atoms with van der Waals surface area (Å²) in [7, 11) is 0. The Kier molecular flexibility index (Phi) is 4.18. The molecule has 4 fully saturated rings. The fourth-order valence-corrected chi connectivity index (χ4v) is 5.63. The minimum Gasteiger partial charge on any atom is -0.458 e. The summed E-state index contributed by atoms with van der Waals surface area (Å²) in [6.07, 6.45) is 2.98. The van der Waals surface area contributed by atoms with Gasteiger partial charge in [-0.1, -0.05) is 44.2 Å². The molecule has 0 N–H and O–H groups in total. The Morgan fingerprint density at radius 2 is 1.82 bits per heavy atom. The number of hydrogen-bond acceptors (Lipinski definition) is 4. The minimum atomic E-state index is -0.318. The number of hydrogen-bond donors (Lipinski definition) is 0. The van der Waals surface area contributed by atoms with E-state index in [1.165, 1.54) is 5.56 Å². The Morgan fingerprint density at radius 3 is 2.61 bits per heavy atom. The van der Waals surface area contributed by atoms with Crippen LogP contribution in [0.25, 0.3) is 10.8 Å². The smallest absolute Gasteiger partial charge is 0.339 e. The first kappa shape index (κ1) is 17.7. The molecular weight excluding hydrogens is 352 g/mol. The highest BCUT2D eigenvalue weighted by Gasteiger charge is 2.51. The van der Waals surface area contributed by atoms with Gasteiger partial charge in [0, 0.05) is 5.92 Å². The molecule has 5 unspecified atom stereocenters. The predicted octanol–water partition coefficient (Wildman–Crippen LogP) is 4.85. The van der Waals surface area contributed by atoms with Crippen LogP contribution in [0, 0.1) is 17.8 Å². The van der Waals surface area contributed by atoms with Crippen LogP contribution >= 0.6 is 0 Å². The molecule has 4 nitrogen and oxygen atoms in total. The molecule has 6 rings (SSSR count). The first-order valence-electron chi connectivity index (χ1n) is 10.4. The van der Waals surface area contributed by atoms with Gasteiger partial charge in [0.1, 0.15) is 12.2 Å². The summed E-state index contributed by atoms with van der Waals surface area (Å²) < 4.78 is 11.7. The van der Waals surface area contributed by atoms with Gasteiger partial charge >= 0.3 is 11.9 Å². The maximum absolute atomic E-state index is 13.2. The maximum Gasteiger partial charge on any atom is 0.339 e. The van der Waals surface area contributed by atoms with Crippen LogP contribution in [0.4, 0.5) is 0 Å². The molecule has 0 aromatic heterocycles. The normalized spacial score (nSPS) is 31.1. The molecule has 2 saturated carbocycles. The second-order valence-corrected chi connectivity index (χ2v) is 9.01. The zero-order chi connectivity index (χ0) is 19.4. The highest BCUT2D eigenvalue weighted by atomic mass is 16.6. The molecule has 4 aliphatic rings. The second-order valence-electron chi connectivity index (χ2n) is 9.01. The van der Waals surface area contributed by atoms with E-state index in [1.807, 2.05) is 30.3 Å². The van der Waals surface area contributed by atoms with Crippen molar-refractivity contribution in [1.29, 1.82) is 0 Å². The highest BCUT2D eigenvalue weighted by Crippen LogP contribution is 2.48. The summed E-state index contributed by atoms with van der Waals surface area (Å²) in [5, 5.41) is 2.03. The van der Waals surface area contributed by atoms with E-state index < -0.39 is 0 Å². The zero-order valence-electron chi connectivity index (χ0n) is 16.4. The summed E-state index contributed by atoms with van der Waals surface area (Å²) >= 11 is 0. The van der Waals surface area contributed by atoms with Gasteiger partial charge in [-0.15, -0.1) is 0 Å². The topological polar surface area (TPSA) is 52.6 Å². The lowest BCUT2D eigenvalue weighted by Crippen LogP contribution is -2.45. The number of carbonyl (C=O) groups excluding carboxylic acids is 2. The summed E-state index contributed by atoms with van der Waals surface area (Å²) in [6.45, 7) is 4.32. The van der Waals surface area contributed by atoms with E-state index >= 15 is 0 Å². The second kappa shape index (κ2) is 6.61. The maximum atomic E-state index is 13.2. The largest absolute Gasteiger partial charge is 0.458 e. The van der Waals surface area contributed by atoms with Gasteiger partial charge in [-0.25, -0.2) is 4.79 Å². The van der Waals surface area contributed by atoms with E-state index in [0.29, 0.717) is 17.4 Å². The fourth-order valence-electron chi connectivity index (χ4n) is 5.63. The van der Waals surface area contributed by atoms with Crippen LogP contribution in [0.2, 0.25) is 0 Å². The van der Waals surface area contributed by atoms with Crippen molar-refractivity contribution in [2.75, 3.05) is 0 Å². The van der Waals surface area contributed by atoms with Crippen molar-refractivity contribution in [3.8, 4) is 0 Å². The van der Waals surface area contributed by atoms with Crippen molar-refractivity contribution >= 4 is 22.7 Å². The SMILES string of the molecule is CC(C)c1ccc(C(=O)OC2C3CC4CC(C3)C(=O)OC2C4)c2ccccc12. The fraction of sp³-hybridized carbons (Fsp3) is 0.500. The van der Waals surface area contributed by atoms with Gasteiger partial charge in [0.2, 0.25) is 0 Å². The molecule has 5 atom stereocenters. The minimum absolute atomic E-state index is 0.0105. The van der Waals surface area contributed by atoms with E-state index in [4.69, 9.17) is 9.47 Å². The Morgan fingerprint density at radius 1 is 1.04 bits per heavy atom. The first-order valence-corrected chi connectivity index (χ1v) is 10.4. The van der Waals surface area contributed by atoms with E-state index in [2.05, 4.69) is 19.9 Å². The molecule has 28 heavy (non-hydrogen) atoms. The van der Waals surface area contributed by atoms with Crippen molar-refractivity contribution in [2.24, 2.45) is 17.8 Å². The quantitative estimate of drug-likeness (QED) is 0.717. The van der Waals surface area contributed by atoms with Crippen LogP contribution in [0.5, 0.6) is 0 Å². The van der Waals surface area contributed by atoms with Gasteiger partial charge in [0.05, 0.1) is 11.5 Å². The van der Waals surface area contributed by atoms with Gasteiger partial charge in [0.15, 0.2) is 0 Å². The van der Waals surface area contributed by atoms with Crippen LogP contribution in [-0.4, -0.2) is 24.1 Å². The number of rotatable bonds is 3. The van der Waals surface area contributed by atoms with Crippen molar-refractivity contribution in [3.63, 3.8) is 0 Å². The standard InChI is InChI=1S/C24H26O4/c1-13(2)17-7-8-20(19-6-4-3-5-18(17)19)24(26)28-22-15-9-14-10-16(12-15)23(25)27-21(22)11-14/h3-8,13-16,21-22H,9-12H2,1-2H3. The molecule has 2 aromatic carbocycles. The zero-order valence-corrected chi connectivity index (χ0v) is 16.4. The highest BCUT2D eigenvalue weighted by molar-refractivity contribution is 6.05. The van der Waals surface area contributed by atoms with Gasteiger partial charge in [-0.05, 0) is 59.9 Å². The average molecular weight is 378 g/mol. The predicted molar refractivity (Wildman–Crippen MR) is 106 cm³/mol. The Balaban J connectivity index is 1.47. The summed E-state index contributed by atoms with van der Waals surface area (Å²) in [5.74, 6) is 0.730. The van der Waals surface area contributed by atoms with Crippen LogP contribution in [0.1, 0.15) is 61.4 Å². The monoisotopic (exact) mass is 378 g/mol. The third-order valence-corrected chi connectivity index (χ3v) is 6.88. The lowest BCUT2D eigenvalue weighted by atomic mass is 9.67. The lowest BCUT2D eigenvalue weighted by Gasteiger charge is -2.41. The molecule has 146 valence electrons. The van der Waals surface area contributed by atoms with E-state index in [-0.39, 0.29) is 36.0 Å². The van der Waals surface area contributed by atoms with Crippen LogP contribution in [0.3, 0.4) is 0 Å². The van der Waals surface area contributed by atoms with E-state index in [1.54, 1.807) is 0 Å². The van der Waals surface area contributed by atoms with Crippen molar-refractivity contribution in [2.45, 2.75) is 57.7 Å². The molecule has 2 aliphatic heterocycles. The molecular formula is C24H26O4.